The van der Waals surface area contributed by atoms with Crippen molar-refractivity contribution in [2.24, 2.45) is 5.73 Å². The van der Waals surface area contributed by atoms with Crippen molar-refractivity contribution in [1.82, 2.24) is 0 Å². The van der Waals surface area contributed by atoms with Crippen molar-refractivity contribution >= 4 is 23.7 Å². The standard InChI is InChI=1S/C18H18N2O.C2H6.CH4/c19-12-11-18(21)20-13-16-7-2-1-5-14(16)9-10-15-6-3-4-8-17(15)20;1-2;/h1-10H,11-13,19H2;1-2H3;1H4/b10-9-;;. The third kappa shape index (κ3) is 4.33. The first kappa shape index (κ1) is 19.7. The Kier molecular flexibility index (Phi) is 7.93. The van der Waals surface area contributed by atoms with Gasteiger partial charge < -0.3 is 10.6 Å². The van der Waals surface area contributed by atoms with E-state index in [1.54, 1.807) is 0 Å². The van der Waals surface area contributed by atoms with Crippen LogP contribution in [0.3, 0.4) is 0 Å². The van der Waals surface area contributed by atoms with Crippen molar-refractivity contribution in [3.8, 4) is 0 Å². The van der Waals surface area contributed by atoms with Crippen molar-refractivity contribution in [3.63, 3.8) is 0 Å². The third-order valence-electron chi connectivity index (χ3n) is 3.71. The minimum Gasteiger partial charge on any atom is -0.330 e. The molecule has 0 fully saturated rings. The predicted molar refractivity (Wildman–Crippen MR) is 105 cm³/mol. The molecular weight excluding hydrogens is 296 g/mol. The maximum atomic E-state index is 12.5. The van der Waals surface area contributed by atoms with Gasteiger partial charge in [-0.3, -0.25) is 4.79 Å². The highest BCUT2D eigenvalue weighted by Gasteiger charge is 2.19. The van der Waals surface area contributed by atoms with Gasteiger partial charge in [-0.1, -0.05) is 75.9 Å². The normalized spacial score (nSPS) is 13.0. The molecule has 0 bridgehead atoms. The van der Waals surface area contributed by atoms with Crippen LogP contribution in [0.5, 0.6) is 0 Å². The van der Waals surface area contributed by atoms with E-state index in [0.29, 0.717) is 19.5 Å². The number of para-hydroxylation sites is 1. The van der Waals surface area contributed by atoms with Crippen LogP contribution < -0.4 is 10.6 Å². The van der Waals surface area contributed by atoms with Crippen LogP contribution in [0.2, 0.25) is 0 Å². The second-order valence-electron chi connectivity index (χ2n) is 5.11. The highest BCUT2D eigenvalue weighted by molar-refractivity contribution is 5.97. The fraction of sp³-hybridized carbons (Fsp3) is 0.286. The van der Waals surface area contributed by atoms with Crippen molar-refractivity contribution in [1.29, 1.82) is 0 Å². The molecule has 1 aliphatic heterocycles. The molecule has 1 amide bonds. The zero-order valence-corrected chi connectivity index (χ0v) is 13.8. The SMILES string of the molecule is C.CC.NCCC(=O)N1Cc2ccccc2/C=C\c2ccccc21. The number of nitrogens with two attached hydrogens (primary N) is 1. The summed E-state index contributed by atoms with van der Waals surface area (Å²) >= 11 is 0. The quantitative estimate of drug-likeness (QED) is 0.869. The average molecular weight is 324 g/mol. The number of nitrogens with zero attached hydrogens (tertiary/aromatic N) is 1. The summed E-state index contributed by atoms with van der Waals surface area (Å²) < 4.78 is 0. The van der Waals surface area contributed by atoms with Crippen LogP contribution in [0.1, 0.15) is 44.4 Å². The van der Waals surface area contributed by atoms with E-state index < -0.39 is 0 Å². The summed E-state index contributed by atoms with van der Waals surface area (Å²) in [4.78, 5) is 14.3. The van der Waals surface area contributed by atoms with E-state index in [2.05, 4.69) is 24.3 Å². The average Bonchev–Trinajstić information content (AvgIpc) is 2.59. The lowest BCUT2D eigenvalue weighted by molar-refractivity contribution is -0.118. The molecule has 128 valence electrons. The van der Waals surface area contributed by atoms with Crippen LogP contribution in [-0.2, 0) is 11.3 Å². The summed E-state index contributed by atoms with van der Waals surface area (Å²) in [5.74, 6) is 0.0649. The molecule has 1 heterocycles. The van der Waals surface area contributed by atoms with Crippen LogP contribution in [0.15, 0.2) is 48.5 Å². The molecule has 0 aliphatic carbocycles. The number of carbonyl (C=O) groups excluding carboxylic acids is 1. The van der Waals surface area contributed by atoms with Gasteiger partial charge in [0.2, 0.25) is 5.91 Å². The van der Waals surface area contributed by atoms with Gasteiger partial charge in [0, 0.05) is 13.0 Å². The molecule has 24 heavy (non-hydrogen) atoms. The topological polar surface area (TPSA) is 46.3 Å². The molecule has 0 radical (unpaired) electrons. The summed E-state index contributed by atoms with van der Waals surface area (Å²) in [5.41, 5.74) is 9.86. The van der Waals surface area contributed by atoms with Gasteiger partial charge in [0.05, 0.1) is 12.2 Å². The molecule has 2 N–H and O–H groups in total. The molecule has 0 saturated carbocycles. The van der Waals surface area contributed by atoms with Gasteiger partial charge in [0.25, 0.3) is 0 Å². The maximum absolute atomic E-state index is 12.5. The fourth-order valence-electron chi connectivity index (χ4n) is 2.63. The number of fused-ring (bicyclic) bond motifs is 2. The van der Waals surface area contributed by atoms with Gasteiger partial charge in [0.1, 0.15) is 0 Å². The molecule has 3 heteroatoms. The van der Waals surface area contributed by atoms with E-state index in [1.807, 2.05) is 55.1 Å². The van der Waals surface area contributed by atoms with E-state index in [-0.39, 0.29) is 13.3 Å². The summed E-state index contributed by atoms with van der Waals surface area (Å²) in [6.45, 7) is 4.95. The van der Waals surface area contributed by atoms with Crippen molar-refractivity contribution in [2.75, 3.05) is 11.4 Å². The second-order valence-corrected chi connectivity index (χ2v) is 5.11. The number of carbonyl (C=O) groups is 1. The van der Waals surface area contributed by atoms with Crippen molar-refractivity contribution in [3.05, 3.63) is 65.2 Å². The lowest BCUT2D eigenvalue weighted by atomic mass is 10.0. The first-order valence-electron chi connectivity index (χ1n) is 8.15. The first-order chi connectivity index (χ1) is 11.3. The molecule has 0 saturated heterocycles. The number of anilines is 1. The zero-order chi connectivity index (χ0) is 16.7. The molecule has 0 unspecified atom stereocenters. The van der Waals surface area contributed by atoms with Gasteiger partial charge in [-0.2, -0.15) is 0 Å². The van der Waals surface area contributed by atoms with Crippen LogP contribution in [-0.4, -0.2) is 12.5 Å². The number of hydrogen-bond donors (Lipinski definition) is 1. The number of benzene rings is 2. The van der Waals surface area contributed by atoms with Gasteiger partial charge in [-0.15, -0.1) is 0 Å². The summed E-state index contributed by atoms with van der Waals surface area (Å²) in [7, 11) is 0. The largest absolute Gasteiger partial charge is 0.330 e. The van der Waals surface area contributed by atoms with Gasteiger partial charge in [0.15, 0.2) is 0 Å². The minimum absolute atomic E-state index is 0. The molecule has 0 spiro atoms. The van der Waals surface area contributed by atoms with Gasteiger partial charge in [-0.25, -0.2) is 0 Å². The van der Waals surface area contributed by atoms with Crippen LogP contribution in [0.4, 0.5) is 5.69 Å². The maximum Gasteiger partial charge on any atom is 0.228 e. The van der Waals surface area contributed by atoms with E-state index in [0.717, 1.165) is 22.4 Å². The Labute approximate surface area is 145 Å². The first-order valence-corrected chi connectivity index (χ1v) is 8.15. The number of rotatable bonds is 2. The highest BCUT2D eigenvalue weighted by Crippen LogP contribution is 2.28. The fourth-order valence-corrected chi connectivity index (χ4v) is 2.63. The zero-order valence-electron chi connectivity index (χ0n) is 13.8. The summed E-state index contributed by atoms with van der Waals surface area (Å²) in [6, 6.07) is 16.1. The summed E-state index contributed by atoms with van der Waals surface area (Å²) in [6.07, 6.45) is 4.54. The molecule has 0 atom stereocenters. The molecule has 2 aromatic rings. The van der Waals surface area contributed by atoms with E-state index in [9.17, 15) is 4.79 Å². The van der Waals surface area contributed by atoms with Crippen LogP contribution >= 0.6 is 0 Å². The van der Waals surface area contributed by atoms with Gasteiger partial charge >= 0.3 is 0 Å². The van der Waals surface area contributed by atoms with Crippen LogP contribution in [0.25, 0.3) is 12.2 Å². The Hall–Kier alpha value is -2.39. The Morgan fingerprint density at radius 2 is 1.58 bits per heavy atom. The van der Waals surface area contributed by atoms with Crippen LogP contribution in [0, 0.1) is 0 Å². The van der Waals surface area contributed by atoms with E-state index in [4.69, 9.17) is 5.73 Å². The Balaban J connectivity index is 0.000000925. The predicted octanol–water partition coefficient (Wildman–Crippen LogP) is 4.71. The molecule has 3 rings (SSSR count). The number of hydrogen-bond acceptors (Lipinski definition) is 2. The third-order valence-corrected chi connectivity index (χ3v) is 3.71. The second kappa shape index (κ2) is 9.68. The minimum atomic E-state index is 0. The molecule has 2 aromatic carbocycles. The molecule has 1 aliphatic rings. The number of amides is 1. The Morgan fingerprint density at radius 3 is 2.29 bits per heavy atom. The summed E-state index contributed by atoms with van der Waals surface area (Å²) in [5, 5.41) is 0. The van der Waals surface area contributed by atoms with E-state index >= 15 is 0 Å². The lowest BCUT2D eigenvalue weighted by Crippen LogP contribution is -2.32. The monoisotopic (exact) mass is 324 g/mol. The smallest absolute Gasteiger partial charge is 0.228 e. The molecular formula is C21H28N2O. The highest BCUT2D eigenvalue weighted by atomic mass is 16.2. The molecule has 0 aromatic heterocycles. The lowest BCUT2D eigenvalue weighted by Gasteiger charge is -2.27. The Bertz CT molecular complexity index is 692. The van der Waals surface area contributed by atoms with Crippen molar-refractivity contribution in [2.45, 2.75) is 34.2 Å². The Morgan fingerprint density at radius 1 is 1.00 bits per heavy atom. The van der Waals surface area contributed by atoms with Gasteiger partial charge in [-0.05, 0) is 22.8 Å². The van der Waals surface area contributed by atoms with Crippen molar-refractivity contribution < 1.29 is 4.79 Å². The van der Waals surface area contributed by atoms with E-state index in [1.165, 1.54) is 0 Å². The molecule has 3 nitrogen and oxygen atoms in total.